The zero-order valence-corrected chi connectivity index (χ0v) is 34.3. The van der Waals surface area contributed by atoms with Gasteiger partial charge in [-0.2, -0.15) is 0 Å². The molecule has 13 aromatic rings. The monoisotopic (exact) mass is 820 g/mol. The number of fused-ring (bicyclic) bond motifs is 11. The molecular formula is C57H36N6O. The van der Waals surface area contributed by atoms with Crippen LogP contribution >= 0.6 is 0 Å². The summed E-state index contributed by atoms with van der Waals surface area (Å²) in [7, 11) is 0. The van der Waals surface area contributed by atoms with Crippen molar-refractivity contribution in [1.29, 1.82) is 5.41 Å². The molecule has 0 amide bonds. The van der Waals surface area contributed by atoms with Crippen molar-refractivity contribution in [2.75, 3.05) is 5.32 Å². The zero-order chi connectivity index (χ0) is 42.3. The summed E-state index contributed by atoms with van der Waals surface area (Å²) in [6.07, 6.45) is 1.31. The van der Waals surface area contributed by atoms with Gasteiger partial charge < -0.3 is 19.7 Å². The number of benzene rings is 9. The summed E-state index contributed by atoms with van der Waals surface area (Å²) in [6.45, 7) is 0. The Morgan fingerprint density at radius 1 is 0.453 bits per heavy atom. The lowest BCUT2D eigenvalue weighted by atomic mass is 9.99. The van der Waals surface area contributed by atoms with Gasteiger partial charge in [0.05, 0.1) is 27.8 Å². The summed E-state index contributed by atoms with van der Waals surface area (Å²) < 4.78 is 10.7. The first-order valence-corrected chi connectivity index (χ1v) is 21.4. The van der Waals surface area contributed by atoms with Crippen LogP contribution in [0.5, 0.6) is 0 Å². The Labute approximate surface area is 366 Å². The van der Waals surface area contributed by atoms with Crippen LogP contribution in [0, 0.1) is 5.41 Å². The molecular weight excluding hydrogens is 785 g/mol. The van der Waals surface area contributed by atoms with Crippen LogP contribution in [0.4, 0.5) is 11.4 Å². The number of nitrogens with one attached hydrogen (secondary N) is 2. The van der Waals surface area contributed by atoms with E-state index in [0.29, 0.717) is 23.0 Å². The van der Waals surface area contributed by atoms with Gasteiger partial charge in [0.2, 0.25) is 5.95 Å². The molecule has 4 aromatic heterocycles. The van der Waals surface area contributed by atoms with Gasteiger partial charge in [0, 0.05) is 55.5 Å². The fourth-order valence-corrected chi connectivity index (χ4v) is 9.73. The Bertz CT molecular complexity index is 4010. The van der Waals surface area contributed by atoms with Gasteiger partial charge in [0.15, 0.2) is 0 Å². The zero-order valence-electron chi connectivity index (χ0n) is 34.3. The standard InChI is InChI=1S/C57H36N6O/c58-34-47-56(59-39-16-5-2-6-17-39)55(36-14-3-1-4-15-36)61-57(60-47)63-50-28-25-38(32-46(50)54-41-18-8-7-13-35(41)23-29-51(54)63)37-24-27-49-44(31-37)42-19-9-11-21-48(42)62(49)40-26-30-53-45(33-40)43-20-10-12-22-52(43)64-53/h1-34,58-59H. The highest BCUT2D eigenvalue weighted by Crippen LogP contribution is 2.42. The van der Waals surface area contributed by atoms with Crippen molar-refractivity contribution in [2.45, 2.75) is 0 Å². The molecule has 7 nitrogen and oxygen atoms in total. The topological polar surface area (TPSA) is 84.7 Å². The van der Waals surface area contributed by atoms with Gasteiger partial charge in [-0.1, -0.05) is 127 Å². The summed E-state index contributed by atoms with van der Waals surface area (Å²) in [5.74, 6) is 0.495. The fourth-order valence-electron chi connectivity index (χ4n) is 9.73. The third-order valence-corrected chi connectivity index (χ3v) is 12.6. The highest BCUT2D eigenvalue weighted by atomic mass is 16.3. The molecule has 0 fully saturated rings. The van der Waals surface area contributed by atoms with Gasteiger partial charge in [0.1, 0.15) is 22.6 Å². The second-order valence-electron chi connectivity index (χ2n) is 16.2. The number of furan rings is 1. The number of nitrogens with zero attached hydrogens (tertiary/aromatic N) is 4. The number of rotatable bonds is 7. The lowest BCUT2D eigenvalue weighted by Gasteiger charge is -2.17. The average molecular weight is 821 g/mol. The first-order valence-electron chi connectivity index (χ1n) is 21.4. The second kappa shape index (κ2) is 14.1. The Kier molecular flexibility index (Phi) is 7.92. The van der Waals surface area contributed by atoms with E-state index >= 15 is 0 Å². The van der Waals surface area contributed by atoms with Crippen molar-refractivity contribution in [3.63, 3.8) is 0 Å². The lowest BCUT2D eigenvalue weighted by molar-refractivity contribution is 0.669. The highest BCUT2D eigenvalue weighted by molar-refractivity contribution is 6.22. The van der Waals surface area contributed by atoms with Gasteiger partial charge >= 0.3 is 0 Å². The van der Waals surface area contributed by atoms with E-state index in [4.69, 9.17) is 19.8 Å². The van der Waals surface area contributed by atoms with Crippen LogP contribution in [0.25, 0.3) is 110 Å². The van der Waals surface area contributed by atoms with E-state index in [1.54, 1.807) is 0 Å². The molecule has 0 atom stereocenters. The SMILES string of the molecule is N=Cc1nc(-n2c3ccc(-c4ccc5c(c4)c4ccccc4n5-c4ccc5oc6ccccc6c5c4)cc3c3c4ccccc4ccc32)nc(-c2ccccc2)c1Nc1ccccc1. The third-order valence-electron chi connectivity index (χ3n) is 12.6. The first kappa shape index (κ1) is 35.9. The van der Waals surface area contributed by atoms with Crippen LogP contribution in [0.2, 0.25) is 0 Å². The Balaban J connectivity index is 1.01. The van der Waals surface area contributed by atoms with Gasteiger partial charge in [-0.15, -0.1) is 0 Å². The molecule has 300 valence electrons. The van der Waals surface area contributed by atoms with Gasteiger partial charge in [-0.3, -0.25) is 4.57 Å². The van der Waals surface area contributed by atoms with E-state index < -0.39 is 0 Å². The van der Waals surface area contributed by atoms with Crippen LogP contribution in [0.1, 0.15) is 5.69 Å². The Morgan fingerprint density at radius 2 is 1.09 bits per heavy atom. The smallest absolute Gasteiger partial charge is 0.235 e. The van der Waals surface area contributed by atoms with E-state index in [1.165, 1.54) is 17.0 Å². The molecule has 0 bridgehead atoms. The summed E-state index contributed by atoms with van der Waals surface area (Å²) in [6, 6.07) is 70.0. The molecule has 4 heterocycles. The summed E-state index contributed by atoms with van der Waals surface area (Å²) in [5, 5.41) is 21.3. The maximum Gasteiger partial charge on any atom is 0.235 e. The molecule has 0 aliphatic rings. The largest absolute Gasteiger partial charge is 0.456 e. The predicted molar refractivity (Wildman–Crippen MR) is 264 cm³/mol. The van der Waals surface area contributed by atoms with Crippen LogP contribution in [0.15, 0.2) is 205 Å². The Hall–Kier alpha value is -8.81. The van der Waals surface area contributed by atoms with Gasteiger partial charge in [-0.05, 0) is 94.7 Å². The van der Waals surface area contributed by atoms with Crippen molar-refractivity contribution in [2.24, 2.45) is 0 Å². The number of hydrogen-bond donors (Lipinski definition) is 2. The van der Waals surface area contributed by atoms with Crippen molar-refractivity contribution < 1.29 is 4.42 Å². The normalized spacial score (nSPS) is 11.8. The molecule has 0 unspecified atom stereocenters. The highest BCUT2D eigenvalue weighted by Gasteiger charge is 2.22. The molecule has 0 radical (unpaired) electrons. The van der Waals surface area contributed by atoms with Gasteiger partial charge in [0.25, 0.3) is 0 Å². The van der Waals surface area contributed by atoms with Crippen LogP contribution < -0.4 is 5.32 Å². The van der Waals surface area contributed by atoms with Crippen LogP contribution in [0.3, 0.4) is 0 Å². The van der Waals surface area contributed by atoms with Crippen LogP contribution in [-0.2, 0) is 0 Å². The Morgan fingerprint density at radius 3 is 1.91 bits per heavy atom. The maximum absolute atomic E-state index is 8.63. The van der Waals surface area contributed by atoms with E-state index in [9.17, 15) is 0 Å². The molecule has 0 spiro atoms. The minimum Gasteiger partial charge on any atom is -0.456 e. The molecule has 7 heteroatoms. The average Bonchev–Trinajstić information content (AvgIpc) is 4.01. The number of anilines is 2. The summed E-state index contributed by atoms with van der Waals surface area (Å²) >= 11 is 0. The van der Waals surface area contributed by atoms with E-state index in [2.05, 4.69) is 154 Å². The first-order chi connectivity index (χ1) is 31.7. The molecule has 2 N–H and O–H groups in total. The minimum atomic E-state index is 0.491. The minimum absolute atomic E-state index is 0.491. The molecule has 0 aliphatic carbocycles. The summed E-state index contributed by atoms with van der Waals surface area (Å²) in [5.41, 5.74) is 13.1. The molecule has 0 saturated heterocycles. The molecule has 64 heavy (non-hydrogen) atoms. The van der Waals surface area contributed by atoms with Crippen molar-refractivity contribution in [3.8, 4) is 34.0 Å². The molecule has 9 aromatic carbocycles. The number of hydrogen-bond acceptors (Lipinski definition) is 5. The lowest BCUT2D eigenvalue weighted by Crippen LogP contribution is -2.09. The van der Waals surface area contributed by atoms with Crippen LogP contribution in [-0.4, -0.2) is 25.3 Å². The summed E-state index contributed by atoms with van der Waals surface area (Å²) in [4.78, 5) is 10.5. The number of aromatic nitrogens is 4. The van der Waals surface area contributed by atoms with Crippen molar-refractivity contribution in [3.05, 3.63) is 206 Å². The quantitative estimate of drug-likeness (QED) is 0.157. The second-order valence-corrected chi connectivity index (χ2v) is 16.2. The maximum atomic E-state index is 8.63. The molecule has 0 saturated carbocycles. The van der Waals surface area contributed by atoms with E-state index in [1.807, 2.05) is 60.7 Å². The fraction of sp³-hybridized carbons (Fsp3) is 0. The molecule has 0 aliphatic heterocycles. The number of para-hydroxylation sites is 3. The van der Waals surface area contributed by atoms with E-state index in [0.717, 1.165) is 93.6 Å². The molecule has 13 rings (SSSR count). The van der Waals surface area contributed by atoms with Crippen molar-refractivity contribution >= 4 is 93.9 Å². The van der Waals surface area contributed by atoms with E-state index in [-0.39, 0.29) is 0 Å². The van der Waals surface area contributed by atoms with Gasteiger partial charge in [-0.25, -0.2) is 9.97 Å². The van der Waals surface area contributed by atoms with Crippen molar-refractivity contribution in [1.82, 2.24) is 19.1 Å². The predicted octanol–water partition coefficient (Wildman–Crippen LogP) is 14.8. The third kappa shape index (κ3) is 5.51.